The third kappa shape index (κ3) is 2.67. The van der Waals surface area contributed by atoms with Gasteiger partial charge in [0.05, 0.1) is 54.0 Å². The second-order valence-electron chi connectivity index (χ2n) is 9.51. The molecule has 1 heteroatoms. The molecule has 9 rings (SSSR count). The molecule has 0 atom stereocenters. The van der Waals surface area contributed by atoms with Crippen molar-refractivity contribution in [2.75, 3.05) is 4.90 Å². The first-order valence-corrected chi connectivity index (χ1v) is 12.2. The maximum Gasteiger partial charge on any atom is 0.0746 e. The summed E-state index contributed by atoms with van der Waals surface area (Å²) >= 11 is 0. The van der Waals surface area contributed by atoms with Crippen molar-refractivity contribution >= 4 is 17.1 Å². The van der Waals surface area contributed by atoms with Crippen LogP contribution in [0.1, 0.15) is 86.8 Å². The van der Waals surface area contributed by atoms with E-state index in [0.29, 0.717) is 4.90 Å². The maximum atomic E-state index is 9.84. The van der Waals surface area contributed by atoms with Crippen molar-refractivity contribution in [2.45, 2.75) is 24.5 Å². The first-order valence-electron chi connectivity index (χ1n) is 26.7. The monoisotopic (exact) mass is 552 g/mol. The van der Waals surface area contributed by atoms with Gasteiger partial charge in [-0.15, -0.1) is 0 Å². The standard InChI is InChI=1S/C40H29N/c1-39(2)33-21-9-11-23-35(33)41(36-24-12-10-22-34(36)39)37-25-13-17-29-28-16-5-8-20-32(28)40(38(29)37)30-18-6-3-14-26(30)27-15-4-7-19-31(27)40/h3-25H,1-2H3/i1D3,2D3,3D,4D,5D,6D,7D,8D,9D,10D,11D,12D,13D,14D,15D,16D,17D,18D,19D,20D,21D,22D,23D,24D,25D. The fourth-order valence-electron chi connectivity index (χ4n) is 6.16. The predicted molar refractivity (Wildman–Crippen MR) is 170 cm³/mol. The van der Waals surface area contributed by atoms with Gasteiger partial charge in [0.2, 0.25) is 0 Å². The molecule has 6 aromatic rings. The summed E-state index contributed by atoms with van der Waals surface area (Å²) in [5, 5.41) is 0. The van der Waals surface area contributed by atoms with Gasteiger partial charge >= 0.3 is 0 Å². The number of para-hydroxylation sites is 2. The van der Waals surface area contributed by atoms with Crippen LogP contribution in [0, 0.1) is 0 Å². The molecule has 41 heavy (non-hydrogen) atoms. The molecule has 3 aliphatic rings. The molecule has 2 aliphatic carbocycles. The quantitative estimate of drug-likeness (QED) is 0.196. The summed E-state index contributed by atoms with van der Waals surface area (Å²) in [6.07, 6.45) is 0. The molecule has 0 aromatic heterocycles. The molecular weight excluding hydrogens is 494 g/mol. The molecule has 194 valence electrons. The molecule has 0 unspecified atom stereocenters. The summed E-state index contributed by atoms with van der Waals surface area (Å²) in [7, 11) is 0. The minimum atomic E-state index is -4.04. The Morgan fingerprint density at radius 1 is 0.439 bits per heavy atom. The van der Waals surface area contributed by atoms with Crippen LogP contribution in [0.5, 0.6) is 0 Å². The zero-order valence-corrected chi connectivity index (χ0v) is 20.4. The lowest BCUT2D eigenvalue weighted by Crippen LogP contribution is -2.33. The predicted octanol–water partition coefficient (Wildman–Crippen LogP) is 10.1. The van der Waals surface area contributed by atoms with Crippen molar-refractivity contribution < 1.29 is 39.8 Å². The Bertz CT molecular complexity index is 3330. The van der Waals surface area contributed by atoms with Gasteiger partial charge < -0.3 is 4.90 Å². The van der Waals surface area contributed by atoms with Crippen molar-refractivity contribution in [2.24, 2.45) is 0 Å². The van der Waals surface area contributed by atoms with Crippen LogP contribution in [0.4, 0.5) is 17.1 Å². The first-order chi connectivity index (χ1) is 32.2. The normalized spacial score (nSPS) is 26.5. The van der Waals surface area contributed by atoms with Crippen molar-refractivity contribution in [3.63, 3.8) is 0 Å². The van der Waals surface area contributed by atoms with Crippen molar-refractivity contribution in [1.29, 1.82) is 0 Å². The smallest absolute Gasteiger partial charge is 0.0746 e. The Morgan fingerprint density at radius 2 is 0.829 bits per heavy atom. The lowest BCUT2D eigenvalue weighted by atomic mass is 9.69. The topological polar surface area (TPSA) is 3.24 Å². The van der Waals surface area contributed by atoms with Gasteiger partial charge in [-0.05, 0) is 68.2 Å². The summed E-state index contributed by atoms with van der Waals surface area (Å²) in [6, 6.07) is -26.0. The number of benzene rings is 6. The van der Waals surface area contributed by atoms with Gasteiger partial charge in [-0.3, -0.25) is 0 Å². The van der Waals surface area contributed by atoms with E-state index in [1.165, 1.54) is 0 Å². The Kier molecular flexibility index (Phi) is 1.60. The molecule has 0 radical (unpaired) electrons. The number of hydrogen-bond donors (Lipinski definition) is 0. The zero-order valence-electron chi connectivity index (χ0n) is 49.4. The van der Waals surface area contributed by atoms with E-state index in [1.807, 2.05) is 0 Å². The highest BCUT2D eigenvalue weighted by Crippen LogP contribution is 2.66. The number of hydrogen-bond acceptors (Lipinski definition) is 1. The van der Waals surface area contributed by atoms with Gasteiger partial charge in [0.25, 0.3) is 0 Å². The Labute approximate surface area is 282 Å². The van der Waals surface area contributed by atoms with Crippen LogP contribution in [0.15, 0.2) is 139 Å². The fraction of sp³-hybridized carbons (Fsp3) is 0.100. The van der Waals surface area contributed by atoms with Crippen LogP contribution in [0.25, 0.3) is 22.3 Å². The van der Waals surface area contributed by atoms with E-state index < -0.39 is 236 Å². The summed E-state index contributed by atoms with van der Waals surface area (Å²) in [6.45, 7) is -8.08. The van der Waals surface area contributed by atoms with Crippen molar-refractivity contribution in [3.8, 4) is 22.3 Å². The van der Waals surface area contributed by atoms with Crippen LogP contribution in [-0.4, -0.2) is 0 Å². The minimum Gasteiger partial charge on any atom is -0.310 e. The van der Waals surface area contributed by atoms with Crippen LogP contribution in [-0.2, 0) is 10.8 Å². The van der Waals surface area contributed by atoms with E-state index in [-0.39, 0.29) is 0 Å². The molecule has 6 aromatic carbocycles. The minimum absolute atomic E-state index is 0.438. The van der Waals surface area contributed by atoms with Gasteiger partial charge in [-0.1, -0.05) is 135 Å². The lowest BCUT2D eigenvalue weighted by Gasteiger charge is -2.43. The second kappa shape index (κ2) is 7.86. The van der Waals surface area contributed by atoms with E-state index in [4.69, 9.17) is 21.9 Å². The van der Waals surface area contributed by atoms with Gasteiger partial charge in [-0.25, -0.2) is 0 Å². The van der Waals surface area contributed by atoms with Crippen LogP contribution >= 0.6 is 0 Å². The lowest BCUT2D eigenvalue weighted by molar-refractivity contribution is 0.631. The van der Waals surface area contributed by atoms with E-state index in [2.05, 4.69) is 0 Å². The molecular formula is C40H29N. The van der Waals surface area contributed by atoms with Crippen LogP contribution < -0.4 is 4.90 Å². The van der Waals surface area contributed by atoms with Gasteiger partial charge in [0, 0.05) is 19.2 Å². The third-order valence-electron chi connectivity index (χ3n) is 7.67. The number of anilines is 3. The van der Waals surface area contributed by atoms with Crippen LogP contribution in [0.2, 0.25) is 0 Å². The van der Waals surface area contributed by atoms with Gasteiger partial charge in [0.1, 0.15) is 0 Å². The molecule has 0 bridgehead atoms. The highest BCUT2D eigenvalue weighted by atomic mass is 15.2. The summed E-state index contributed by atoms with van der Waals surface area (Å²) < 4.78 is 265. The highest BCUT2D eigenvalue weighted by Gasteiger charge is 2.53. The summed E-state index contributed by atoms with van der Waals surface area (Å²) in [5.74, 6) is 0. The molecule has 0 amide bonds. The van der Waals surface area contributed by atoms with Crippen molar-refractivity contribution in [3.05, 3.63) is 172 Å². The molecule has 1 spiro atoms. The summed E-state index contributed by atoms with van der Waals surface area (Å²) in [5.41, 5.74) is -19.2. The van der Waals surface area contributed by atoms with E-state index in [9.17, 15) is 17.8 Å². The molecule has 1 nitrogen and oxygen atoms in total. The Morgan fingerprint density at radius 3 is 1.34 bits per heavy atom. The van der Waals surface area contributed by atoms with Crippen LogP contribution in [0.3, 0.4) is 0 Å². The third-order valence-corrected chi connectivity index (χ3v) is 7.67. The van der Waals surface area contributed by atoms with Gasteiger partial charge in [-0.2, -0.15) is 0 Å². The van der Waals surface area contributed by atoms with E-state index >= 15 is 0 Å². The fourth-order valence-corrected chi connectivity index (χ4v) is 6.16. The Balaban J connectivity index is 1.72. The average Bonchev–Trinajstić information content (AvgIpc) is 3.78. The molecule has 1 heterocycles. The molecule has 0 saturated heterocycles. The molecule has 1 aliphatic heterocycles. The van der Waals surface area contributed by atoms with E-state index in [0.717, 1.165) is 0 Å². The van der Waals surface area contributed by atoms with E-state index in [1.54, 1.807) is 0 Å². The molecule has 0 N–H and O–H groups in total. The maximum absolute atomic E-state index is 9.84. The SMILES string of the molecule is [2H]c1c([2H])c([2H])c2c(c1[2H])-c1c([2H])c([2H])c([2H])c([2H])c1C21c2c([2H])c([2H])c([2H])c([2H])c2-c2c([2H])c([2H])c([2H])c(N3c4c([2H])c([2H])c([2H])c([2H])c4C(C([2H])([2H])[2H])(C([2H])([2H])[2H])c4c([2H])c([2H])c([2H])c([2H])c43)c21. The number of rotatable bonds is 1. The Hall–Kier alpha value is -4.88. The molecule has 0 fully saturated rings. The largest absolute Gasteiger partial charge is 0.310 e. The average molecular weight is 553 g/mol. The van der Waals surface area contributed by atoms with Crippen molar-refractivity contribution in [1.82, 2.24) is 0 Å². The molecule has 0 saturated carbocycles. The van der Waals surface area contributed by atoms with Gasteiger partial charge in [0.15, 0.2) is 0 Å². The number of nitrogens with zero attached hydrogens (tertiary/aromatic N) is 1. The first kappa shape index (κ1) is 8.33. The highest BCUT2D eigenvalue weighted by molar-refractivity contribution is 6.00. The second-order valence-corrected chi connectivity index (χ2v) is 9.51. The summed E-state index contributed by atoms with van der Waals surface area (Å²) in [4.78, 5) is 0.438. The number of fused-ring (bicyclic) bond motifs is 12. The zero-order chi connectivity index (χ0) is 52.4.